The fraction of sp³-hybridized carbons (Fsp3) is 0.556. The summed E-state index contributed by atoms with van der Waals surface area (Å²) >= 11 is 0. The molecule has 3 rings (SSSR count). The van der Waals surface area contributed by atoms with Gasteiger partial charge in [0.25, 0.3) is 11.1 Å². The Hall–Kier alpha value is -2.89. The first-order chi connectivity index (χ1) is 14.1. The minimum atomic E-state index is -3.01. The number of H-pyrrole nitrogens is 3. The molecule has 0 aliphatic carbocycles. The van der Waals surface area contributed by atoms with Gasteiger partial charge < -0.3 is 15.6 Å². The van der Waals surface area contributed by atoms with Crippen LogP contribution in [-0.2, 0) is 25.8 Å². The van der Waals surface area contributed by atoms with E-state index in [2.05, 4.69) is 25.8 Å². The topological polar surface area (TPSA) is 174 Å². The first-order valence-electron chi connectivity index (χ1n) is 9.67. The van der Waals surface area contributed by atoms with E-state index >= 15 is 0 Å². The standard InChI is InChI=1S/C18H25N5O6S/c1-9-12(17(26)21-15-14(9)18(27)23-22-15)3-4-13(24)20-10(2)16(25)19-7-11-5-6-30(28,29)8-11/h10-11H,3-8H2,1-2H3,(H,19,25)(H,20,24)(H3,21,22,23,26,27). The average Bonchev–Trinajstić information content (AvgIpc) is 3.21. The van der Waals surface area contributed by atoms with Crippen molar-refractivity contribution >= 4 is 32.7 Å². The molecule has 2 amide bonds. The summed E-state index contributed by atoms with van der Waals surface area (Å²) in [6.07, 6.45) is 0.601. The smallest absolute Gasteiger partial charge is 0.273 e. The molecule has 2 aromatic heterocycles. The molecule has 3 heterocycles. The van der Waals surface area contributed by atoms with Crippen LogP contribution in [0.3, 0.4) is 0 Å². The zero-order valence-corrected chi connectivity index (χ0v) is 17.6. The summed E-state index contributed by atoms with van der Waals surface area (Å²) < 4.78 is 22.9. The number of fused-ring (bicyclic) bond motifs is 1. The van der Waals surface area contributed by atoms with E-state index in [1.807, 2.05) is 0 Å². The van der Waals surface area contributed by atoms with Gasteiger partial charge in [0.15, 0.2) is 9.84 Å². The normalized spacial score (nSPS) is 18.9. The monoisotopic (exact) mass is 439 g/mol. The highest BCUT2D eigenvalue weighted by Crippen LogP contribution is 2.17. The Labute approximate surface area is 171 Å². The van der Waals surface area contributed by atoms with E-state index in [1.165, 1.54) is 6.92 Å². The van der Waals surface area contributed by atoms with Crippen molar-refractivity contribution in [2.24, 2.45) is 5.92 Å². The zero-order valence-electron chi connectivity index (χ0n) is 16.8. The Kier molecular flexibility index (Phi) is 6.15. The quantitative estimate of drug-likeness (QED) is 0.364. The number of aromatic nitrogens is 3. The van der Waals surface area contributed by atoms with Crippen LogP contribution in [0.1, 0.15) is 30.9 Å². The molecule has 30 heavy (non-hydrogen) atoms. The molecule has 0 aromatic carbocycles. The van der Waals surface area contributed by atoms with Crippen LogP contribution in [0.15, 0.2) is 9.59 Å². The van der Waals surface area contributed by atoms with Gasteiger partial charge in [0.2, 0.25) is 11.8 Å². The molecule has 1 fully saturated rings. The summed E-state index contributed by atoms with van der Waals surface area (Å²) in [5.74, 6) is -0.720. The van der Waals surface area contributed by atoms with Gasteiger partial charge in [-0.25, -0.2) is 8.42 Å². The highest BCUT2D eigenvalue weighted by Gasteiger charge is 2.28. The van der Waals surface area contributed by atoms with Crippen LogP contribution in [0.25, 0.3) is 11.0 Å². The van der Waals surface area contributed by atoms with Crippen LogP contribution in [-0.4, -0.2) is 59.5 Å². The van der Waals surface area contributed by atoms with E-state index in [0.29, 0.717) is 28.6 Å². The number of amides is 2. The van der Waals surface area contributed by atoms with Gasteiger partial charge in [-0.15, -0.1) is 0 Å². The molecule has 0 spiro atoms. The molecule has 2 aromatic rings. The molecule has 2 unspecified atom stereocenters. The molecule has 1 aliphatic rings. The van der Waals surface area contributed by atoms with Gasteiger partial charge in [0.1, 0.15) is 11.7 Å². The maximum Gasteiger partial charge on any atom is 0.273 e. The molecule has 0 bridgehead atoms. The second-order valence-corrected chi connectivity index (χ2v) is 9.92. The summed E-state index contributed by atoms with van der Waals surface area (Å²) in [6, 6.07) is -0.801. The number of nitrogens with one attached hydrogen (secondary N) is 5. The zero-order chi connectivity index (χ0) is 22.1. The van der Waals surface area contributed by atoms with Gasteiger partial charge in [-0.3, -0.25) is 29.4 Å². The molecule has 0 radical (unpaired) electrons. The number of carbonyl (C=O) groups is 2. The summed E-state index contributed by atoms with van der Waals surface area (Å²) in [6.45, 7) is 3.42. The Bertz CT molecular complexity index is 1190. The number of pyridine rings is 1. The van der Waals surface area contributed by atoms with Crippen molar-refractivity contribution in [1.29, 1.82) is 0 Å². The maximum absolute atomic E-state index is 12.2. The number of rotatable bonds is 7. The highest BCUT2D eigenvalue weighted by molar-refractivity contribution is 7.91. The third kappa shape index (κ3) is 4.81. The summed E-state index contributed by atoms with van der Waals surface area (Å²) in [4.78, 5) is 51.0. The van der Waals surface area contributed by atoms with Gasteiger partial charge >= 0.3 is 0 Å². The molecule has 11 nitrogen and oxygen atoms in total. The van der Waals surface area contributed by atoms with Gasteiger partial charge in [-0.1, -0.05) is 0 Å². The van der Waals surface area contributed by atoms with Crippen molar-refractivity contribution in [2.75, 3.05) is 18.1 Å². The minimum absolute atomic E-state index is 0.0315. The predicted octanol–water partition coefficient (Wildman–Crippen LogP) is -1.16. The third-order valence-electron chi connectivity index (χ3n) is 5.38. The first kappa shape index (κ1) is 21.8. The number of aryl methyl sites for hydroxylation is 1. The molecular weight excluding hydrogens is 414 g/mol. The minimum Gasteiger partial charge on any atom is -0.354 e. The van der Waals surface area contributed by atoms with Gasteiger partial charge in [-0.2, -0.15) is 0 Å². The van der Waals surface area contributed by atoms with Gasteiger partial charge in [0, 0.05) is 18.5 Å². The van der Waals surface area contributed by atoms with Crippen LogP contribution in [0.2, 0.25) is 0 Å². The van der Waals surface area contributed by atoms with Crippen LogP contribution in [0, 0.1) is 12.8 Å². The predicted molar refractivity (Wildman–Crippen MR) is 110 cm³/mol. The average molecular weight is 439 g/mol. The maximum atomic E-state index is 12.2. The Balaban J connectivity index is 1.52. The van der Waals surface area contributed by atoms with E-state index in [4.69, 9.17) is 0 Å². The molecule has 2 atom stereocenters. The second-order valence-electron chi connectivity index (χ2n) is 7.69. The van der Waals surface area contributed by atoms with Crippen LogP contribution in [0.4, 0.5) is 0 Å². The second kappa shape index (κ2) is 8.46. The summed E-state index contributed by atoms with van der Waals surface area (Å²) in [7, 11) is -3.01. The van der Waals surface area contributed by atoms with E-state index in [1.54, 1.807) is 6.92 Å². The number of carbonyl (C=O) groups excluding carboxylic acids is 2. The Morgan fingerprint density at radius 1 is 1.20 bits per heavy atom. The van der Waals surface area contributed by atoms with E-state index in [9.17, 15) is 27.6 Å². The number of aromatic amines is 3. The molecule has 1 aliphatic heterocycles. The molecule has 164 valence electrons. The lowest BCUT2D eigenvalue weighted by molar-refractivity contribution is -0.128. The van der Waals surface area contributed by atoms with Gasteiger partial charge in [-0.05, 0) is 38.2 Å². The van der Waals surface area contributed by atoms with Crippen LogP contribution >= 0.6 is 0 Å². The molecular formula is C18H25N5O6S. The lowest BCUT2D eigenvalue weighted by atomic mass is 10.0. The highest BCUT2D eigenvalue weighted by atomic mass is 32.2. The molecule has 5 N–H and O–H groups in total. The number of sulfone groups is 1. The fourth-order valence-electron chi connectivity index (χ4n) is 3.67. The molecule has 0 saturated carbocycles. The third-order valence-corrected chi connectivity index (χ3v) is 7.22. The van der Waals surface area contributed by atoms with E-state index < -0.39 is 27.7 Å². The van der Waals surface area contributed by atoms with Gasteiger partial charge in [0.05, 0.1) is 16.9 Å². The van der Waals surface area contributed by atoms with Crippen LogP contribution in [0.5, 0.6) is 0 Å². The van der Waals surface area contributed by atoms with Crippen LogP contribution < -0.4 is 21.8 Å². The van der Waals surface area contributed by atoms with Crippen molar-refractivity contribution < 1.29 is 18.0 Å². The summed E-state index contributed by atoms with van der Waals surface area (Å²) in [5.41, 5.74) is 0.393. The fourth-order valence-corrected chi connectivity index (χ4v) is 5.53. The largest absolute Gasteiger partial charge is 0.354 e. The number of hydrogen-bond donors (Lipinski definition) is 5. The molecule has 1 saturated heterocycles. The lowest BCUT2D eigenvalue weighted by Crippen LogP contribution is -2.46. The first-order valence-corrected chi connectivity index (χ1v) is 11.5. The Morgan fingerprint density at radius 3 is 2.60 bits per heavy atom. The van der Waals surface area contributed by atoms with E-state index in [0.717, 1.165) is 0 Å². The molecule has 12 heteroatoms. The van der Waals surface area contributed by atoms with Crippen molar-refractivity contribution in [1.82, 2.24) is 25.8 Å². The van der Waals surface area contributed by atoms with Crippen molar-refractivity contribution in [2.45, 2.75) is 39.2 Å². The summed E-state index contributed by atoms with van der Waals surface area (Å²) in [5, 5.41) is 10.6. The van der Waals surface area contributed by atoms with Crippen molar-refractivity contribution in [3.05, 3.63) is 31.8 Å². The van der Waals surface area contributed by atoms with Crippen molar-refractivity contribution in [3.63, 3.8) is 0 Å². The Morgan fingerprint density at radius 2 is 1.93 bits per heavy atom. The SMILES string of the molecule is Cc1c(CCC(=O)NC(C)C(=O)NCC2CCS(=O)(=O)C2)c(=O)[nH]c2[nH][nH]c(=O)c12. The number of hydrogen-bond acceptors (Lipinski definition) is 6. The van der Waals surface area contributed by atoms with Crippen molar-refractivity contribution in [3.8, 4) is 0 Å². The lowest BCUT2D eigenvalue weighted by Gasteiger charge is -2.16. The van der Waals surface area contributed by atoms with E-state index in [-0.39, 0.29) is 47.9 Å².